The van der Waals surface area contributed by atoms with Gasteiger partial charge in [-0.15, -0.1) is 0 Å². The Labute approximate surface area is 167 Å². The van der Waals surface area contributed by atoms with Gasteiger partial charge in [0.05, 0.1) is 10.7 Å². The minimum absolute atomic E-state index is 0.0742. The third-order valence-corrected chi connectivity index (χ3v) is 4.70. The second-order valence-electron chi connectivity index (χ2n) is 6.45. The van der Waals surface area contributed by atoms with Crippen molar-refractivity contribution in [3.05, 3.63) is 47.4 Å². The Morgan fingerprint density at radius 1 is 1.07 bits per heavy atom. The minimum Gasteiger partial charge on any atom is -0.359 e. The molecular formula is C19H20ClN7O. The fourth-order valence-corrected chi connectivity index (χ4v) is 3.20. The lowest BCUT2D eigenvalue weighted by molar-refractivity contribution is 0.0338. The summed E-state index contributed by atoms with van der Waals surface area (Å²) in [5, 5.41) is 6.97. The summed E-state index contributed by atoms with van der Waals surface area (Å²) in [7, 11) is 0. The molecule has 1 fully saturated rings. The summed E-state index contributed by atoms with van der Waals surface area (Å²) in [6.07, 6.45) is 6.17. The van der Waals surface area contributed by atoms with Gasteiger partial charge < -0.3 is 15.4 Å². The van der Waals surface area contributed by atoms with E-state index in [1.165, 1.54) is 6.33 Å². The molecule has 1 saturated heterocycles. The minimum atomic E-state index is -0.0742. The first-order chi connectivity index (χ1) is 13.7. The number of nitrogens with zero attached hydrogens (tertiary/aromatic N) is 5. The summed E-state index contributed by atoms with van der Waals surface area (Å²) in [6, 6.07) is 7.43. The molecule has 1 aliphatic rings. The second-order valence-corrected chi connectivity index (χ2v) is 6.86. The number of ether oxygens (including phenoxy) is 1. The van der Waals surface area contributed by atoms with Crippen LogP contribution in [0.25, 0.3) is 11.5 Å². The van der Waals surface area contributed by atoms with Crippen LogP contribution in [0.2, 0.25) is 5.02 Å². The fourth-order valence-electron chi connectivity index (χ4n) is 2.93. The molecule has 0 bridgehead atoms. The van der Waals surface area contributed by atoms with Gasteiger partial charge in [0.25, 0.3) is 0 Å². The molecule has 0 radical (unpaired) electrons. The average Bonchev–Trinajstić information content (AvgIpc) is 2.72. The zero-order valence-corrected chi connectivity index (χ0v) is 16.1. The van der Waals surface area contributed by atoms with Crippen molar-refractivity contribution in [1.29, 1.82) is 0 Å². The van der Waals surface area contributed by atoms with E-state index in [1.54, 1.807) is 12.3 Å². The van der Waals surface area contributed by atoms with Gasteiger partial charge in [-0.25, -0.2) is 19.9 Å². The molecule has 2 aromatic heterocycles. The van der Waals surface area contributed by atoms with Crippen molar-refractivity contribution in [3.63, 3.8) is 0 Å². The molecule has 1 aromatic carbocycles. The van der Waals surface area contributed by atoms with Crippen molar-refractivity contribution in [2.24, 2.45) is 0 Å². The number of para-hydroxylation sites is 1. The van der Waals surface area contributed by atoms with Crippen LogP contribution in [0.4, 0.5) is 17.6 Å². The zero-order valence-electron chi connectivity index (χ0n) is 15.4. The maximum absolute atomic E-state index is 6.28. The zero-order chi connectivity index (χ0) is 19.3. The van der Waals surface area contributed by atoms with Crippen LogP contribution in [0.3, 0.4) is 0 Å². The molecule has 3 heterocycles. The summed E-state index contributed by atoms with van der Waals surface area (Å²) in [6.45, 7) is 2.72. The van der Waals surface area contributed by atoms with Crippen molar-refractivity contribution in [3.8, 4) is 11.5 Å². The molecule has 0 saturated carbocycles. The van der Waals surface area contributed by atoms with Crippen LogP contribution < -0.4 is 10.6 Å². The van der Waals surface area contributed by atoms with Crippen LogP contribution in [0.15, 0.2) is 36.8 Å². The van der Waals surface area contributed by atoms with Gasteiger partial charge in [0.15, 0.2) is 5.82 Å². The highest BCUT2D eigenvalue weighted by Gasteiger charge is 2.15. The maximum atomic E-state index is 6.28. The van der Waals surface area contributed by atoms with E-state index < -0.39 is 0 Å². The van der Waals surface area contributed by atoms with Crippen LogP contribution >= 0.6 is 11.6 Å². The van der Waals surface area contributed by atoms with Gasteiger partial charge in [-0.3, -0.25) is 0 Å². The highest BCUT2D eigenvalue weighted by atomic mass is 35.5. The molecule has 2 N–H and O–H groups in total. The molecule has 28 heavy (non-hydrogen) atoms. The number of rotatable bonds is 5. The Hall–Kier alpha value is -2.84. The first-order valence-electron chi connectivity index (χ1n) is 9.12. The van der Waals surface area contributed by atoms with Crippen LogP contribution in [0, 0.1) is 6.92 Å². The Balaban J connectivity index is 1.55. The predicted octanol–water partition coefficient (Wildman–Crippen LogP) is 3.97. The third-order valence-electron chi connectivity index (χ3n) is 4.39. The third kappa shape index (κ3) is 4.35. The van der Waals surface area contributed by atoms with E-state index in [9.17, 15) is 0 Å². The summed E-state index contributed by atoms with van der Waals surface area (Å²) < 4.78 is 5.68. The first-order valence-corrected chi connectivity index (χ1v) is 9.49. The Morgan fingerprint density at radius 3 is 2.82 bits per heavy atom. The number of aromatic nitrogens is 5. The lowest BCUT2D eigenvalue weighted by Gasteiger charge is -2.23. The standard InChI is InChI=1S/C19H20ClN7O/c1-12-5-4-6-13(20)16(12)26-18-21-9-8-14(24-18)17-22-11-23-19(27-17)25-15-7-2-3-10-28-15/h4-6,8-9,11,15H,2-3,7,10H2,1H3,(H,21,24,26)(H,22,23,25,27). The fraction of sp³-hybridized carbons (Fsp3) is 0.316. The van der Waals surface area contributed by atoms with Crippen LogP contribution in [0.5, 0.6) is 0 Å². The van der Waals surface area contributed by atoms with Gasteiger partial charge in [-0.2, -0.15) is 4.98 Å². The highest BCUT2D eigenvalue weighted by Crippen LogP contribution is 2.28. The summed E-state index contributed by atoms with van der Waals surface area (Å²) in [5.41, 5.74) is 2.35. The van der Waals surface area contributed by atoms with Crippen molar-refractivity contribution in [2.75, 3.05) is 17.2 Å². The van der Waals surface area contributed by atoms with Gasteiger partial charge in [0.2, 0.25) is 11.9 Å². The van der Waals surface area contributed by atoms with E-state index in [4.69, 9.17) is 16.3 Å². The van der Waals surface area contributed by atoms with Gasteiger partial charge in [-0.1, -0.05) is 23.7 Å². The van der Waals surface area contributed by atoms with Crippen LogP contribution in [-0.4, -0.2) is 37.8 Å². The summed E-state index contributed by atoms with van der Waals surface area (Å²) in [5.74, 6) is 1.33. The SMILES string of the molecule is Cc1cccc(Cl)c1Nc1nccc(-c2ncnc(NC3CCCCO3)n2)n1. The van der Waals surface area contributed by atoms with Crippen LogP contribution in [0.1, 0.15) is 24.8 Å². The monoisotopic (exact) mass is 397 g/mol. The van der Waals surface area contributed by atoms with Gasteiger partial charge >= 0.3 is 0 Å². The maximum Gasteiger partial charge on any atom is 0.228 e. The Bertz CT molecular complexity index is 942. The van der Waals surface area contributed by atoms with E-state index in [0.717, 1.165) is 37.1 Å². The molecule has 0 spiro atoms. The molecule has 144 valence electrons. The predicted molar refractivity (Wildman–Crippen MR) is 108 cm³/mol. The molecule has 8 nitrogen and oxygen atoms in total. The molecule has 9 heteroatoms. The Kier molecular flexibility index (Phi) is 5.59. The van der Waals surface area contributed by atoms with E-state index in [-0.39, 0.29) is 6.23 Å². The lowest BCUT2D eigenvalue weighted by atomic mass is 10.2. The molecule has 0 aliphatic carbocycles. The number of aryl methyl sites for hydroxylation is 1. The molecule has 4 rings (SSSR count). The summed E-state index contributed by atoms with van der Waals surface area (Å²) >= 11 is 6.28. The molecule has 0 amide bonds. The smallest absolute Gasteiger partial charge is 0.228 e. The van der Waals surface area contributed by atoms with Crippen molar-refractivity contribution in [2.45, 2.75) is 32.4 Å². The van der Waals surface area contributed by atoms with Gasteiger partial charge in [0, 0.05) is 12.8 Å². The van der Waals surface area contributed by atoms with Crippen molar-refractivity contribution < 1.29 is 4.74 Å². The Morgan fingerprint density at radius 2 is 2.00 bits per heavy atom. The van der Waals surface area contributed by atoms with Gasteiger partial charge in [0.1, 0.15) is 18.2 Å². The van der Waals surface area contributed by atoms with E-state index in [2.05, 4.69) is 35.6 Å². The number of anilines is 3. The molecule has 1 unspecified atom stereocenters. The largest absolute Gasteiger partial charge is 0.359 e. The first kappa shape index (κ1) is 18.5. The number of nitrogens with one attached hydrogen (secondary N) is 2. The topological polar surface area (TPSA) is 97.7 Å². The lowest BCUT2D eigenvalue weighted by Crippen LogP contribution is -2.28. The van der Waals surface area contributed by atoms with Crippen molar-refractivity contribution >= 4 is 29.2 Å². The molecular weight excluding hydrogens is 378 g/mol. The molecule has 1 aliphatic heterocycles. The number of benzene rings is 1. The molecule has 3 aromatic rings. The molecule has 1 atom stereocenters. The van der Waals surface area contributed by atoms with E-state index in [1.807, 2.05) is 25.1 Å². The number of halogens is 1. The average molecular weight is 398 g/mol. The highest BCUT2D eigenvalue weighted by molar-refractivity contribution is 6.33. The second kappa shape index (κ2) is 8.45. The normalized spacial score (nSPS) is 16.6. The van der Waals surface area contributed by atoms with E-state index >= 15 is 0 Å². The van der Waals surface area contributed by atoms with Crippen LogP contribution in [-0.2, 0) is 4.74 Å². The quantitative estimate of drug-likeness (QED) is 0.667. The number of hydrogen-bond donors (Lipinski definition) is 2. The van der Waals surface area contributed by atoms with E-state index in [0.29, 0.717) is 28.4 Å². The summed E-state index contributed by atoms with van der Waals surface area (Å²) in [4.78, 5) is 21.7. The van der Waals surface area contributed by atoms with Crippen molar-refractivity contribution in [1.82, 2.24) is 24.9 Å². The number of hydrogen-bond acceptors (Lipinski definition) is 8. The van der Waals surface area contributed by atoms with Gasteiger partial charge in [-0.05, 0) is 43.9 Å².